The smallest absolute Gasteiger partial charge is 0.254 e. The van der Waals surface area contributed by atoms with Gasteiger partial charge in [-0.1, -0.05) is 35.9 Å². The van der Waals surface area contributed by atoms with Crippen LogP contribution in [0.25, 0.3) is 0 Å². The Hall–Kier alpha value is -1.95. The minimum atomic E-state index is -0.507. The number of nitrogens with one attached hydrogen (secondary N) is 1. The van der Waals surface area contributed by atoms with Gasteiger partial charge in [-0.15, -0.1) is 0 Å². The van der Waals surface area contributed by atoms with E-state index in [9.17, 15) is 9.18 Å². The zero-order valence-electron chi connectivity index (χ0n) is 14.8. The Morgan fingerprint density at radius 1 is 1.12 bits per heavy atom. The van der Waals surface area contributed by atoms with Crippen LogP contribution in [0, 0.1) is 5.82 Å². The highest BCUT2D eigenvalue weighted by Gasteiger charge is 2.25. The number of carbonyl (C=O) groups is 1. The molecule has 1 amide bonds. The molecule has 4 nitrogen and oxygen atoms in total. The lowest BCUT2D eigenvalue weighted by Crippen LogP contribution is -2.48. The minimum Gasteiger partial charge on any atom is -0.350 e. The Balaban J connectivity index is 1.74. The molecule has 0 spiro atoms. The Morgan fingerprint density at radius 2 is 1.77 bits per heavy atom. The van der Waals surface area contributed by atoms with Crippen molar-refractivity contribution in [3.63, 3.8) is 0 Å². The quantitative estimate of drug-likeness (QED) is 0.871. The van der Waals surface area contributed by atoms with Crippen LogP contribution in [-0.2, 0) is 0 Å². The standard InChI is InChI=1S/C20H23ClFN3O/c1-24-10-12-25(13-11-24)19(15-6-8-16(21)9-7-15)14-23-20(26)17-4-2-3-5-18(17)22/h2-9,19H,10-14H2,1H3,(H,23,26). The number of halogens is 2. The predicted molar refractivity (Wildman–Crippen MR) is 102 cm³/mol. The van der Waals surface area contributed by atoms with Crippen LogP contribution in [0.15, 0.2) is 48.5 Å². The molecule has 1 unspecified atom stereocenters. The Labute approximate surface area is 158 Å². The molecule has 6 heteroatoms. The second-order valence-corrected chi connectivity index (χ2v) is 7.03. The number of rotatable bonds is 5. The zero-order valence-corrected chi connectivity index (χ0v) is 15.5. The van der Waals surface area contributed by atoms with Crippen molar-refractivity contribution in [1.29, 1.82) is 0 Å². The maximum atomic E-state index is 13.8. The van der Waals surface area contributed by atoms with E-state index in [1.54, 1.807) is 12.1 Å². The summed E-state index contributed by atoms with van der Waals surface area (Å²) in [6.07, 6.45) is 0. The number of amides is 1. The molecule has 0 aliphatic carbocycles. The normalized spacial score (nSPS) is 17.0. The van der Waals surface area contributed by atoms with E-state index in [4.69, 9.17) is 11.6 Å². The summed E-state index contributed by atoms with van der Waals surface area (Å²) < 4.78 is 13.8. The van der Waals surface area contributed by atoms with Crippen molar-refractivity contribution in [2.24, 2.45) is 0 Å². The maximum absolute atomic E-state index is 13.8. The predicted octanol–water partition coefficient (Wildman–Crippen LogP) is 3.20. The van der Waals surface area contributed by atoms with Crippen molar-refractivity contribution < 1.29 is 9.18 Å². The highest BCUT2D eigenvalue weighted by atomic mass is 35.5. The average molecular weight is 376 g/mol. The van der Waals surface area contributed by atoms with Gasteiger partial charge >= 0.3 is 0 Å². The number of hydrogen-bond acceptors (Lipinski definition) is 3. The fourth-order valence-corrected chi connectivity index (χ4v) is 3.33. The molecule has 1 heterocycles. The highest BCUT2D eigenvalue weighted by molar-refractivity contribution is 6.30. The van der Waals surface area contributed by atoms with Crippen molar-refractivity contribution >= 4 is 17.5 Å². The molecule has 1 aliphatic rings. The third-order valence-corrected chi connectivity index (χ3v) is 5.06. The number of benzene rings is 2. The minimum absolute atomic E-state index is 0.0247. The molecular weight excluding hydrogens is 353 g/mol. The van der Waals surface area contributed by atoms with Crippen LogP contribution >= 0.6 is 11.6 Å². The molecule has 0 radical (unpaired) electrons. The van der Waals surface area contributed by atoms with Gasteiger partial charge in [-0.3, -0.25) is 9.69 Å². The van der Waals surface area contributed by atoms with E-state index in [-0.39, 0.29) is 11.6 Å². The lowest BCUT2D eigenvalue weighted by Gasteiger charge is -2.38. The van der Waals surface area contributed by atoms with Gasteiger partial charge in [-0.05, 0) is 36.9 Å². The SMILES string of the molecule is CN1CCN(C(CNC(=O)c2ccccc2F)c2ccc(Cl)cc2)CC1. The maximum Gasteiger partial charge on any atom is 0.254 e. The Morgan fingerprint density at radius 3 is 2.42 bits per heavy atom. The number of likely N-dealkylation sites (N-methyl/N-ethyl adjacent to an activating group) is 1. The van der Waals surface area contributed by atoms with Gasteiger partial charge in [0.25, 0.3) is 5.91 Å². The number of piperazine rings is 1. The van der Waals surface area contributed by atoms with Gasteiger partial charge in [0.05, 0.1) is 11.6 Å². The van der Waals surface area contributed by atoms with Crippen LogP contribution < -0.4 is 5.32 Å². The molecule has 0 saturated carbocycles. The van der Waals surface area contributed by atoms with E-state index in [1.807, 2.05) is 24.3 Å². The Kier molecular flexibility index (Phi) is 6.25. The van der Waals surface area contributed by atoms with Gasteiger partial charge in [0, 0.05) is 37.7 Å². The van der Waals surface area contributed by atoms with Crippen molar-refractivity contribution in [2.75, 3.05) is 39.8 Å². The van der Waals surface area contributed by atoms with Gasteiger partial charge in [0.2, 0.25) is 0 Å². The molecule has 1 atom stereocenters. The van der Waals surface area contributed by atoms with E-state index in [0.717, 1.165) is 31.7 Å². The van der Waals surface area contributed by atoms with E-state index < -0.39 is 11.7 Å². The summed E-state index contributed by atoms with van der Waals surface area (Å²) in [5.74, 6) is -0.899. The Bertz CT molecular complexity index is 745. The zero-order chi connectivity index (χ0) is 18.5. The van der Waals surface area contributed by atoms with E-state index >= 15 is 0 Å². The van der Waals surface area contributed by atoms with E-state index in [1.165, 1.54) is 12.1 Å². The van der Waals surface area contributed by atoms with Crippen LogP contribution in [0.3, 0.4) is 0 Å². The number of hydrogen-bond donors (Lipinski definition) is 1. The molecule has 0 bridgehead atoms. The summed E-state index contributed by atoms with van der Waals surface area (Å²) in [6.45, 7) is 4.20. The number of carbonyl (C=O) groups excluding carboxylic acids is 1. The summed E-state index contributed by atoms with van der Waals surface area (Å²) in [5, 5.41) is 3.58. The van der Waals surface area contributed by atoms with Crippen LogP contribution in [0.2, 0.25) is 5.02 Å². The summed E-state index contributed by atoms with van der Waals surface area (Å²) >= 11 is 6.01. The molecule has 3 rings (SSSR count). The van der Waals surface area contributed by atoms with Crippen molar-refractivity contribution in [1.82, 2.24) is 15.1 Å². The van der Waals surface area contributed by atoms with Crippen LogP contribution in [0.1, 0.15) is 22.0 Å². The van der Waals surface area contributed by atoms with Crippen molar-refractivity contribution in [3.8, 4) is 0 Å². The van der Waals surface area contributed by atoms with Crippen LogP contribution in [-0.4, -0.2) is 55.5 Å². The first-order chi connectivity index (χ1) is 12.5. The summed E-state index contributed by atoms with van der Waals surface area (Å²) in [7, 11) is 2.11. The third kappa shape index (κ3) is 4.61. The topological polar surface area (TPSA) is 35.6 Å². The molecule has 26 heavy (non-hydrogen) atoms. The lowest BCUT2D eigenvalue weighted by atomic mass is 10.0. The average Bonchev–Trinajstić information content (AvgIpc) is 2.65. The monoisotopic (exact) mass is 375 g/mol. The first-order valence-electron chi connectivity index (χ1n) is 8.75. The highest BCUT2D eigenvalue weighted by Crippen LogP contribution is 2.23. The lowest BCUT2D eigenvalue weighted by molar-refractivity contribution is 0.0883. The summed E-state index contributed by atoms with van der Waals surface area (Å²) in [6, 6.07) is 13.8. The second kappa shape index (κ2) is 8.62. The molecule has 1 saturated heterocycles. The molecule has 1 N–H and O–H groups in total. The van der Waals surface area contributed by atoms with E-state index in [2.05, 4.69) is 22.2 Å². The summed E-state index contributed by atoms with van der Waals surface area (Å²) in [5.41, 5.74) is 1.16. The number of nitrogens with zero attached hydrogens (tertiary/aromatic N) is 2. The van der Waals surface area contributed by atoms with Crippen molar-refractivity contribution in [3.05, 3.63) is 70.5 Å². The van der Waals surface area contributed by atoms with Gasteiger partial charge in [-0.2, -0.15) is 0 Å². The van der Waals surface area contributed by atoms with Gasteiger partial charge in [0.15, 0.2) is 0 Å². The van der Waals surface area contributed by atoms with Crippen LogP contribution in [0.4, 0.5) is 4.39 Å². The molecular formula is C20H23ClFN3O. The molecule has 1 fully saturated rings. The fraction of sp³-hybridized carbons (Fsp3) is 0.350. The first kappa shape index (κ1) is 18.8. The first-order valence-corrected chi connectivity index (χ1v) is 9.13. The van der Waals surface area contributed by atoms with Crippen molar-refractivity contribution in [2.45, 2.75) is 6.04 Å². The largest absolute Gasteiger partial charge is 0.350 e. The molecule has 1 aliphatic heterocycles. The third-order valence-electron chi connectivity index (χ3n) is 4.81. The molecule has 138 valence electrons. The molecule has 2 aromatic carbocycles. The van der Waals surface area contributed by atoms with Gasteiger partial charge in [0.1, 0.15) is 5.82 Å². The second-order valence-electron chi connectivity index (χ2n) is 6.60. The van der Waals surface area contributed by atoms with Crippen LogP contribution in [0.5, 0.6) is 0 Å². The van der Waals surface area contributed by atoms with Gasteiger partial charge < -0.3 is 10.2 Å². The molecule has 0 aromatic heterocycles. The fourth-order valence-electron chi connectivity index (χ4n) is 3.21. The summed E-state index contributed by atoms with van der Waals surface area (Å²) in [4.78, 5) is 17.0. The van der Waals surface area contributed by atoms with Gasteiger partial charge in [-0.25, -0.2) is 4.39 Å². The molecule has 2 aromatic rings. The van der Waals surface area contributed by atoms with E-state index in [0.29, 0.717) is 11.6 Å².